The number of halogens is 2. The van der Waals surface area contributed by atoms with Crippen LogP contribution in [-0.2, 0) is 16.0 Å². The molecule has 1 heterocycles. The number of benzene rings is 2. The molecule has 24 heavy (non-hydrogen) atoms. The molecule has 1 saturated heterocycles. The molecule has 128 valence electrons. The molecule has 0 spiro atoms. The summed E-state index contributed by atoms with van der Waals surface area (Å²) in [5, 5.41) is 0. The van der Waals surface area contributed by atoms with Crippen molar-refractivity contribution in [2.75, 3.05) is 25.4 Å². The Hall–Kier alpha value is -2.11. The van der Waals surface area contributed by atoms with Gasteiger partial charge in [-0.25, -0.2) is 4.39 Å². The van der Waals surface area contributed by atoms with Crippen molar-refractivity contribution in [3.05, 3.63) is 65.5 Å². The predicted molar refractivity (Wildman–Crippen MR) is 93.5 cm³/mol. The van der Waals surface area contributed by atoms with E-state index in [0.29, 0.717) is 31.8 Å². The van der Waals surface area contributed by atoms with Crippen LogP contribution in [0.25, 0.3) is 0 Å². The van der Waals surface area contributed by atoms with Gasteiger partial charge in [0.25, 0.3) is 0 Å². The van der Waals surface area contributed by atoms with Crippen LogP contribution in [0.15, 0.2) is 48.5 Å². The Morgan fingerprint density at radius 3 is 2.50 bits per heavy atom. The van der Waals surface area contributed by atoms with Gasteiger partial charge in [0.2, 0.25) is 5.91 Å². The molecule has 1 atom stereocenters. The van der Waals surface area contributed by atoms with Crippen molar-refractivity contribution in [1.82, 2.24) is 4.90 Å². The SMILES string of the molecule is Cl.Nc1ccc(CC(=O)N2CCOC(c3ccc(F)cc3)C2)cc1. The largest absolute Gasteiger partial charge is 0.399 e. The van der Waals surface area contributed by atoms with Crippen molar-refractivity contribution in [2.24, 2.45) is 0 Å². The maximum atomic E-state index is 13.0. The average Bonchev–Trinajstić information content (AvgIpc) is 2.58. The normalized spacial score (nSPS) is 17.2. The van der Waals surface area contributed by atoms with Gasteiger partial charge < -0.3 is 15.4 Å². The number of nitrogen functional groups attached to an aromatic ring is 1. The van der Waals surface area contributed by atoms with E-state index in [2.05, 4.69) is 0 Å². The predicted octanol–water partition coefficient (Wildman–Crippen LogP) is 2.97. The lowest BCUT2D eigenvalue weighted by atomic mass is 10.1. The van der Waals surface area contributed by atoms with Gasteiger partial charge in [0.15, 0.2) is 0 Å². The second kappa shape index (κ2) is 8.13. The zero-order chi connectivity index (χ0) is 16.2. The van der Waals surface area contributed by atoms with Crippen LogP contribution in [0.5, 0.6) is 0 Å². The summed E-state index contributed by atoms with van der Waals surface area (Å²) >= 11 is 0. The quantitative estimate of drug-likeness (QED) is 0.866. The van der Waals surface area contributed by atoms with Crippen molar-refractivity contribution >= 4 is 24.0 Å². The van der Waals surface area contributed by atoms with Crippen LogP contribution in [0.1, 0.15) is 17.2 Å². The van der Waals surface area contributed by atoms with E-state index >= 15 is 0 Å². The number of morpholine rings is 1. The fraction of sp³-hybridized carbons (Fsp3) is 0.278. The molecule has 4 nitrogen and oxygen atoms in total. The first-order chi connectivity index (χ1) is 11.1. The third-order valence-corrected chi connectivity index (χ3v) is 4.00. The Labute approximate surface area is 146 Å². The summed E-state index contributed by atoms with van der Waals surface area (Å²) in [6, 6.07) is 13.5. The Kier molecular flexibility index (Phi) is 6.17. The standard InChI is InChI=1S/C18H19FN2O2.ClH/c19-15-5-3-14(4-6-15)17-12-21(9-10-23-17)18(22)11-13-1-7-16(20)8-2-13;/h1-8,17H,9-12,20H2;1H. The molecule has 0 aromatic heterocycles. The van der Waals surface area contributed by atoms with Gasteiger partial charge in [0.1, 0.15) is 11.9 Å². The molecule has 1 amide bonds. The van der Waals surface area contributed by atoms with E-state index in [4.69, 9.17) is 10.5 Å². The molecule has 3 rings (SSSR count). The van der Waals surface area contributed by atoms with Gasteiger partial charge in [-0.3, -0.25) is 4.79 Å². The molecule has 1 aliphatic rings. The number of rotatable bonds is 3. The van der Waals surface area contributed by atoms with E-state index in [1.165, 1.54) is 12.1 Å². The molecular formula is C18H20ClFN2O2. The highest BCUT2D eigenvalue weighted by molar-refractivity contribution is 5.85. The third-order valence-electron chi connectivity index (χ3n) is 4.00. The molecule has 2 N–H and O–H groups in total. The average molecular weight is 351 g/mol. The van der Waals surface area contributed by atoms with Gasteiger partial charge in [-0.05, 0) is 35.4 Å². The molecule has 0 saturated carbocycles. The minimum Gasteiger partial charge on any atom is -0.399 e. The zero-order valence-corrected chi connectivity index (χ0v) is 14.0. The monoisotopic (exact) mass is 350 g/mol. The van der Waals surface area contributed by atoms with E-state index in [9.17, 15) is 9.18 Å². The minimum absolute atomic E-state index is 0. The Morgan fingerprint density at radius 1 is 1.17 bits per heavy atom. The number of carbonyl (C=O) groups is 1. The van der Waals surface area contributed by atoms with E-state index in [1.54, 1.807) is 29.2 Å². The van der Waals surface area contributed by atoms with Crippen LogP contribution in [-0.4, -0.2) is 30.5 Å². The molecular weight excluding hydrogens is 331 g/mol. The molecule has 6 heteroatoms. The smallest absolute Gasteiger partial charge is 0.227 e. The van der Waals surface area contributed by atoms with Gasteiger partial charge >= 0.3 is 0 Å². The van der Waals surface area contributed by atoms with Crippen molar-refractivity contribution in [2.45, 2.75) is 12.5 Å². The van der Waals surface area contributed by atoms with Gasteiger partial charge in [-0.2, -0.15) is 0 Å². The summed E-state index contributed by atoms with van der Waals surface area (Å²) in [5.74, 6) is -0.217. The summed E-state index contributed by atoms with van der Waals surface area (Å²) in [5.41, 5.74) is 8.16. The number of nitrogens with two attached hydrogens (primary N) is 1. The van der Waals surface area contributed by atoms with E-state index in [-0.39, 0.29) is 30.2 Å². The lowest BCUT2D eigenvalue weighted by molar-refractivity contribution is -0.138. The highest BCUT2D eigenvalue weighted by atomic mass is 35.5. The number of anilines is 1. The Bertz CT molecular complexity index is 676. The minimum atomic E-state index is -0.277. The first kappa shape index (κ1) is 18.2. The van der Waals surface area contributed by atoms with Crippen LogP contribution < -0.4 is 5.73 Å². The number of nitrogens with zero attached hydrogens (tertiary/aromatic N) is 1. The van der Waals surface area contributed by atoms with E-state index in [1.807, 2.05) is 12.1 Å². The molecule has 1 fully saturated rings. The third kappa shape index (κ3) is 4.46. The zero-order valence-electron chi connectivity index (χ0n) is 13.2. The van der Waals surface area contributed by atoms with Gasteiger partial charge in [-0.1, -0.05) is 24.3 Å². The summed E-state index contributed by atoms with van der Waals surface area (Å²) in [4.78, 5) is 14.3. The molecule has 1 aliphatic heterocycles. The van der Waals surface area contributed by atoms with E-state index < -0.39 is 0 Å². The molecule has 0 bridgehead atoms. The number of hydrogen-bond acceptors (Lipinski definition) is 3. The summed E-state index contributed by atoms with van der Waals surface area (Å²) in [6.45, 7) is 1.54. The van der Waals surface area contributed by atoms with Crippen LogP contribution in [0, 0.1) is 5.82 Å². The summed E-state index contributed by atoms with van der Waals surface area (Å²) < 4.78 is 18.7. The first-order valence-corrected chi connectivity index (χ1v) is 7.61. The van der Waals surface area contributed by atoms with Crippen molar-refractivity contribution in [3.63, 3.8) is 0 Å². The second-order valence-electron chi connectivity index (χ2n) is 5.67. The van der Waals surface area contributed by atoms with Crippen LogP contribution >= 0.6 is 12.4 Å². The second-order valence-corrected chi connectivity index (χ2v) is 5.67. The van der Waals surface area contributed by atoms with Gasteiger partial charge in [0, 0.05) is 12.2 Å². The van der Waals surface area contributed by atoms with Crippen LogP contribution in [0.2, 0.25) is 0 Å². The fourth-order valence-corrected chi connectivity index (χ4v) is 2.68. The van der Waals surface area contributed by atoms with Crippen molar-refractivity contribution in [1.29, 1.82) is 0 Å². The highest BCUT2D eigenvalue weighted by Crippen LogP contribution is 2.23. The topological polar surface area (TPSA) is 55.6 Å². The Morgan fingerprint density at radius 2 is 1.83 bits per heavy atom. The van der Waals surface area contributed by atoms with Crippen molar-refractivity contribution < 1.29 is 13.9 Å². The molecule has 0 radical (unpaired) electrons. The maximum absolute atomic E-state index is 13.0. The van der Waals surface area contributed by atoms with Crippen molar-refractivity contribution in [3.8, 4) is 0 Å². The lowest BCUT2D eigenvalue weighted by Crippen LogP contribution is -2.42. The Balaban J connectivity index is 0.00000208. The number of ether oxygens (including phenoxy) is 1. The van der Waals surface area contributed by atoms with E-state index in [0.717, 1.165) is 11.1 Å². The van der Waals surface area contributed by atoms with Gasteiger partial charge in [0.05, 0.1) is 19.6 Å². The van der Waals surface area contributed by atoms with Gasteiger partial charge in [-0.15, -0.1) is 12.4 Å². The fourth-order valence-electron chi connectivity index (χ4n) is 2.68. The molecule has 0 aliphatic carbocycles. The highest BCUT2D eigenvalue weighted by Gasteiger charge is 2.25. The molecule has 1 unspecified atom stereocenters. The number of amides is 1. The van der Waals surface area contributed by atoms with Crippen LogP contribution in [0.4, 0.5) is 10.1 Å². The summed E-state index contributed by atoms with van der Waals surface area (Å²) in [6.07, 6.45) is 0.135. The first-order valence-electron chi connectivity index (χ1n) is 7.61. The number of carbonyl (C=O) groups excluding carboxylic acids is 1. The van der Waals surface area contributed by atoms with Crippen LogP contribution in [0.3, 0.4) is 0 Å². The maximum Gasteiger partial charge on any atom is 0.227 e. The molecule has 2 aromatic rings. The summed E-state index contributed by atoms with van der Waals surface area (Å²) in [7, 11) is 0. The lowest BCUT2D eigenvalue weighted by Gasteiger charge is -2.33. The number of hydrogen-bond donors (Lipinski definition) is 1. The molecule has 2 aromatic carbocycles.